The number of ether oxygens (including phenoxy) is 1. The number of guanidine groups is 1. The molecule has 2 aliphatic rings. The number of morpholine rings is 1. The lowest BCUT2D eigenvalue weighted by atomic mass is 10.0. The fourth-order valence-corrected chi connectivity index (χ4v) is 2.92. The fourth-order valence-electron chi connectivity index (χ4n) is 2.92. The van der Waals surface area contributed by atoms with Gasteiger partial charge < -0.3 is 15.0 Å². The van der Waals surface area contributed by atoms with Gasteiger partial charge >= 0.3 is 0 Å². The molecule has 4 nitrogen and oxygen atoms in total. The van der Waals surface area contributed by atoms with E-state index in [2.05, 4.69) is 48.3 Å². The maximum absolute atomic E-state index is 6.02. The second-order valence-electron chi connectivity index (χ2n) is 6.30. The number of benzene rings is 1. The van der Waals surface area contributed by atoms with E-state index in [0.29, 0.717) is 0 Å². The molecular weight excluding hydrogens is 401 g/mol. The highest BCUT2D eigenvalue weighted by atomic mass is 127. The third-order valence-electron chi connectivity index (χ3n) is 4.43. The number of hydrogen-bond donors (Lipinski definition) is 1. The van der Waals surface area contributed by atoms with Crippen LogP contribution in [-0.4, -0.2) is 43.6 Å². The summed E-state index contributed by atoms with van der Waals surface area (Å²) < 4.78 is 6.02. The van der Waals surface area contributed by atoms with E-state index < -0.39 is 0 Å². The average molecular weight is 429 g/mol. The van der Waals surface area contributed by atoms with Crippen LogP contribution >= 0.6 is 24.0 Å². The Morgan fingerprint density at radius 3 is 2.83 bits per heavy atom. The average Bonchev–Trinajstić information content (AvgIpc) is 3.36. The van der Waals surface area contributed by atoms with Crippen molar-refractivity contribution in [2.45, 2.75) is 32.8 Å². The SMILES string of the molecule is CCNC(=NCC1CC1)N1CCOC(c2ccccc2C)C1.I. The van der Waals surface area contributed by atoms with Crippen molar-refractivity contribution in [2.24, 2.45) is 10.9 Å². The lowest BCUT2D eigenvalue weighted by molar-refractivity contribution is -0.00833. The smallest absolute Gasteiger partial charge is 0.194 e. The highest BCUT2D eigenvalue weighted by Crippen LogP contribution is 2.29. The van der Waals surface area contributed by atoms with Crippen molar-refractivity contribution >= 4 is 29.9 Å². The minimum atomic E-state index is 0. The largest absolute Gasteiger partial charge is 0.370 e. The number of nitrogens with one attached hydrogen (secondary N) is 1. The van der Waals surface area contributed by atoms with E-state index in [0.717, 1.165) is 44.7 Å². The first-order valence-electron chi connectivity index (χ1n) is 8.48. The molecule has 0 radical (unpaired) electrons. The van der Waals surface area contributed by atoms with Gasteiger partial charge in [-0.05, 0) is 43.7 Å². The predicted molar refractivity (Wildman–Crippen MR) is 106 cm³/mol. The summed E-state index contributed by atoms with van der Waals surface area (Å²) in [5, 5.41) is 3.44. The molecule has 5 heteroatoms. The number of hydrogen-bond acceptors (Lipinski definition) is 2. The van der Waals surface area contributed by atoms with Gasteiger partial charge in [-0.15, -0.1) is 24.0 Å². The highest BCUT2D eigenvalue weighted by molar-refractivity contribution is 14.0. The topological polar surface area (TPSA) is 36.9 Å². The first kappa shape index (κ1) is 18.5. The Hall–Kier alpha value is -0.820. The van der Waals surface area contributed by atoms with Crippen LogP contribution in [0.3, 0.4) is 0 Å². The van der Waals surface area contributed by atoms with Crippen LogP contribution in [0.2, 0.25) is 0 Å². The monoisotopic (exact) mass is 429 g/mol. The van der Waals surface area contributed by atoms with Crippen LogP contribution in [0.15, 0.2) is 29.3 Å². The third-order valence-corrected chi connectivity index (χ3v) is 4.43. The summed E-state index contributed by atoms with van der Waals surface area (Å²) in [5.74, 6) is 1.87. The molecule has 3 rings (SSSR count). The predicted octanol–water partition coefficient (Wildman–Crippen LogP) is 3.36. The van der Waals surface area contributed by atoms with Crippen molar-refractivity contribution in [1.82, 2.24) is 10.2 Å². The molecule has 1 aromatic carbocycles. The molecule has 23 heavy (non-hydrogen) atoms. The minimum Gasteiger partial charge on any atom is -0.370 e. The van der Waals surface area contributed by atoms with Gasteiger partial charge in [0.25, 0.3) is 0 Å². The molecule has 1 atom stereocenters. The Bertz CT molecular complexity index is 531. The molecular formula is C18H28IN3O. The van der Waals surface area contributed by atoms with Crippen molar-refractivity contribution in [3.8, 4) is 0 Å². The van der Waals surface area contributed by atoms with E-state index in [1.54, 1.807) is 0 Å². The second kappa shape index (κ2) is 8.87. The molecule has 1 aliphatic heterocycles. The molecule has 1 unspecified atom stereocenters. The first-order chi connectivity index (χ1) is 10.8. The normalized spacial score (nSPS) is 21.7. The molecule has 0 bridgehead atoms. The molecule has 0 amide bonds. The van der Waals surface area contributed by atoms with Crippen molar-refractivity contribution < 1.29 is 4.74 Å². The summed E-state index contributed by atoms with van der Waals surface area (Å²) in [7, 11) is 0. The number of nitrogens with zero attached hydrogens (tertiary/aromatic N) is 2. The molecule has 128 valence electrons. The van der Waals surface area contributed by atoms with Gasteiger partial charge in [-0.1, -0.05) is 24.3 Å². The van der Waals surface area contributed by atoms with Crippen molar-refractivity contribution in [2.75, 3.05) is 32.8 Å². The van der Waals surface area contributed by atoms with Gasteiger partial charge in [-0.25, -0.2) is 0 Å². The third kappa shape index (κ3) is 5.08. The fraction of sp³-hybridized carbons (Fsp3) is 0.611. The van der Waals surface area contributed by atoms with Gasteiger partial charge in [0.05, 0.1) is 13.2 Å². The highest BCUT2D eigenvalue weighted by Gasteiger charge is 2.26. The zero-order valence-corrected chi connectivity index (χ0v) is 16.5. The number of aryl methyl sites for hydroxylation is 1. The maximum Gasteiger partial charge on any atom is 0.194 e. The summed E-state index contributed by atoms with van der Waals surface area (Å²) in [4.78, 5) is 7.18. The van der Waals surface area contributed by atoms with E-state index in [1.165, 1.54) is 24.0 Å². The van der Waals surface area contributed by atoms with Gasteiger partial charge in [0.1, 0.15) is 6.10 Å². The zero-order chi connectivity index (χ0) is 15.4. The molecule has 1 aliphatic carbocycles. The summed E-state index contributed by atoms with van der Waals surface area (Å²) in [5.41, 5.74) is 2.60. The maximum atomic E-state index is 6.02. The summed E-state index contributed by atoms with van der Waals surface area (Å²) in [6.07, 6.45) is 2.83. The molecule has 1 heterocycles. The van der Waals surface area contributed by atoms with Crippen LogP contribution in [0.4, 0.5) is 0 Å². The van der Waals surface area contributed by atoms with Gasteiger partial charge in [-0.2, -0.15) is 0 Å². The van der Waals surface area contributed by atoms with Gasteiger partial charge in [0.2, 0.25) is 0 Å². The Kier molecular flexibility index (Phi) is 7.14. The first-order valence-corrected chi connectivity index (χ1v) is 8.48. The molecule has 1 saturated heterocycles. The number of aliphatic imine (C=N–C) groups is 1. The lowest BCUT2D eigenvalue weighted by Gasteiger charge is -2.35. The quantitative estimate of drug-likeness (QED) is 0.453. The molecule has 2 fully saturated rings. The van der Waals surface area contributed by atoms with Gasteiger partial charge in [0.15, 0.2) is 5.96 Å². The molecule has 0 spiro atoms. The lowest BCUT2D eigenvalue weighted by Crippen LogP contribution is -2.48. The van der Waals surface area contributed by atoms with E-state index in [4.69, 9.17) is 9.73 Å². The summed E-state index contributed by atoms with van der Waals surface area (Å²) >= 11 is 0. The van der Waals surface area contributed by atoms with Crippen LogP contribution in [-0.2, 0) is 4.74 Å². The van der Waals surface area contributed by atoms with E-state index >= 15 is 0 Å². The summed E-state index contributed by atoms with van der Waals surface area (Å²) in [6.45, 7) is 8.72. The van der Waals surface area contributed by atoms with Crippen molar-refractivity contribution in [3.63, 3.8) is 0 Å². The molecule has 1 N–H and O–H groups in total. The molecule has 0 aromatic heterocycles. The Morgan fingerprint density at radius 1 is 1.35 bits per heavy atom. The second-order valence-corrected chi connectivity index (χ2v) is 6.30. The minimum absolute atomic E-state index is 0. The van der Waals surface area contributed by atoms with Crippen LogP contribution in [0.1, 0.15) is 37.0 Å². The standard InChI is InChI=1S/C18H27N3O.HI/c1-3-19-18(20-12-15-8-9-15)21-10-11-22-17(13-21)16-7-5-4-6-14(16)2;/h4-7,15,17H,3,8-13H2,1-2H3,(H,19,20);1H. The summed E-state index contributed by atoms with van der Waals surface area (Å²) in [6, 6.07) is 8.51. The Balaban J connectivity index is 0.00000192. The van der Waals surface area contributed by atoms with Gasteiger partial charge in [-0.3, -0.25) is 4.99 Å². The van der Waals surface area contributed by atoms with E-state index in [-0.39, 0.29) is 30.1 Å². The van der Waals surface area contributed by atoms with Crippen LogP contribution in [0, 0.1) is 12.8 Å². The Labute approximate surface area is 156 Å². The van der Waals surface area contributed by atoms with Crippen molar-refractivity contribution in [1.29, 1.82) is 0 Å². The van der Waals surface area contributed by atoms with E-state index in [1.807, 2.05) is 0 Å². The van der Waals surface area contributed by atoms with Crippen LogP contribution in [0.25, 0.3) is 0 Å². The molecule has 1 aromatic rings. The zero-order valence-electron chi connectivity index (χ0n) is 14.1. The number of rotatable bonds is 4. The molecule has 1 saturated carbocycles. The van der Waals surface area contributed by atoms with Crippen LogP contribution < -0.4 is 5.32 Å². The van der Waals surface area contributed by atoms with Gasteiger partial charge in [0, 0.05) is 19.6 Å². The van der Waals surface area contributed by atoms with E-state index in [9.17, 15) is 0 Å². The van der Waals surface area contributed by atoms with Crippen LogP contribution in [0.5, 0.6) is 0 Å². The Morgan fingerprint density at radius 2 is 2.13 bits per heavy atom. The van der Waals surface area contributed by atoms with Crippen molar-refractivity contribution in [3.05, 3.63) is 35.4 Å². The number of halogens is 1.